The Morgan fingerprint density at radius 2 is 1.95 bits per heavy atom. The Morgan fingerprint density at radius 1 is 1.24 bits per heavy atom. The molecule has 0 aromatic heterocycles. The van der Waals surface area contributed by atoms with Crippen LogP contribution in [0.1, 0.15) is 26.2 Å². The van der Waals surface area contributed by atoms with Gasteiger partial charge in [-0.25, -0.2) is 0 Å². The summed E-state index contributed by atoms with van der Waals surface area (Å²) in [7, 11) is 2.02. The van der Waals surface area contributed by atoms with Crippen LogP contribution in [-0.4, -0.2) is 85.5 Å². The first-order valence-electron chi connectivity index (χ1n) is 8.13. The summed E-state index contributed by atoms with van der Waals surface area (Å²) in [6.45, 7) is 5.23. The fourth-order valence-corrected chi connectivity index (χ4v) is 3.38. The van der Waals surface area contributed by atoms with Crippen molar-refractivity contribution in [2.45, 2.75) is 56.6 Å². The van der Waals surface area contributed by atoms with E-state index in [9.17, 15) is 10.2 Å². The Bertz CT molecular complexity index is 299. The van der Waals surface area contributed by atoms with Gasteiger partial charge < -0.3 is 25.0 Å². The third kappa shape index (κ3) is 4.37. The van der Waals surface area contributed by atoms with Crippen LogP contribution in [0.15, 0.2) is 0 Å². The van der Waals surface area contributed by atoms with Gasteiger partial charge in [-0.05, 0) is 32.9 Å². The lowest BCUT2D eigenvalue weighted by Crippen LogP contribution is -2.50. The quantitative estimate of drug-likeness (QED) is 0.593. The van der Waals surface area contributed by atoms with Crippen LogP contribution in [0.25, 0.3) is 0 Å². The molecule has 0 amide bonds. The zero-order chi connectivity index (χ0) is 15.2. The van der Waals surface area contributed by atoms with E-state index in [2.05, 4.69) is 17.1 Å². The number of hydrogen-bond acceptors (Lipinski definition) is 6. The Hall–Kier alpha value is -0.240. The second-order valence-corrected chi connectivity index (χ2v) is 6.15. The van der Waals surface area contributed by atoms with Crippen molar-refractivity contribution >= 4 is 0 Å². The van der Waals surface area contributed by atoms with E-state index in [0.717, 1.165) is 39.0 Å². The van der Waals surface area contributed by atoms with Gasteiger partial charge in [-0.1, -0.05) is 6.92 Å². The molecule has 0 aliphatic carbocycles. The Morgan fingerprint density at radius 3 is 2.57 bits per heavy atom. The number of ether oxygens (including phenoxy) is 2. The first-order valence-corrected chi connectivity index (χ1v) is 8.13. The van der Waals surface area contributed by atoms with Gasteiger partial charge in [0.1, 0.15) is 12.2 Å². The summed E-state index contributed by atoms with van der Waals surface area (Å²) in [6.07, 6.45) is 1.88. The summed E-state index contributed by atoms with van der Waals surface area (Å²) in [5.74, 6) is 0. The Kier molecular flexibility index (Phi) is 6.85. The van der Waals surface area contributed by atoms with Gasteiger partial charge in [0.2, 0.25) is 0 Å². The van der Waals surface area contributed by atoms with Crippen molar-refractivity contribution in [3.63, 3.8) is 0 Å². The lowest BCUT2D eigenvalue weighted by atomic mass is 10.0. The number of likely N-dealkylation sites (N-methyl/N-ethyl adjacent to an activating group) is 1. The van der Waals surface area contributed by atoms with Crippen LogP contribution in [0.5, 0.6) is 0 Å². The molecule has 0 bridgehead atoms. The summed E-state index contributed by atoms with van der Waals surface area (Å²) >= 11 is 0. The molecule has 0 radical (unpaired) electrons. The van der Waals surface area contributed by atoms with E-state index in [0.29, 0.717) is 12.6 Å². The van der Waals surface area contributed by atoms with E-state index >= 15 is 0 Å². The molecule has 0 saturated carbocycles. The molecule has 2 fully saturated rings. The molecule has 3 N–H and O–H groups in total. The van der Waals surface area contributed by atoms with Crippen molar-refractivity contribution in [2.75, 3.05) is 40.0 Å². The van der Waals surface area contributed by atoms with Crippen LogP contribution in [-0.2, 0) is 9.47 Å². The van der Waals surface area contributed by atoms with Gasteiger partial charge in [0.05, 0.1) is 18.8 Å². The highest BCUT2D eigenvalue weighted by Gasteiger charge is 2.44. The molecular weight excluding hydrogens is 272 g/mol. The number of hydrogen-bond donors (Lipinski definition) is 3. The minimum Gasteiger partial charge on any atom is -0.394 e. The summed E-state index contributed by atoms with van der Waals surface area (Å²) < 4.78 is 11.2. The van der Waals surface area contributed by atoms with Crippen LogP contribution in [0.2, 0.25) is 0 Å². The number of rotatable bonds is 7. The van der Waals surface area contributed by atoms with Gasteiger partial charge >= 0.3 is 0 Å². The molecule has 6 heteroatoms. The maximum absolute atomic E-state index is 10.4. The first kappa shape index (κ1) is 17.1. The standard InChI is InChI=1S/C15H30N2O4/c1-3-6-17(2)14-12(21-13(10-18)15(14)19)9-16-11-4-7-20-8-5-11/h11-16,18-19H,3-10H2,1-2H3/t12-,13+,14+,15-/m1/s1. The lowest BCUT2D eigenvalue weighted by Gasteiger charge is -2.31. The summed E-state index contributed by atoms with van der Waals surface area (Å²) in [5, 5.41) is 23.3. The lowest BCUT2D eigenvalue weighted by molar-refractivity contribution is -0.0229. The summed E-state index contributed by atoms with van der Waals surface area (Å²) in [5.41, 5.74) is 0. The normalized spacial score (nSPS) is 34.7. The van der Waals surface area contributed by atoms with E-state index in [1.54, 1.807) is 0 Å². The SMILES string of the molecule is CCCN(C)[C@@H]1[C@H](O)[C@H](CO)O[C@@H]1CNC1CCOCC1. The number of aliphatic hydroxyl groups is 2. The van der Waals surface area contributed by atoms with Gasteiger partial charge in [0, 0.05) is 25.8 Å². The molecule has 0 spiro atoms. The molecule has 0 aromatic rings. The molecule has 2 saturated heterocycles. The van der Waals surface area contributed by atoms with Crippen molar-refractivity contribution in [1.29, 1.82) is 0 Å². The highest BCUT2D eigenvalue weighted by Crippen LogP contribution is 2.25. The minimum atomic E-state index is -0.631. The van der Waals surface area contributed by atoms with Crippen molar-refractivity contribution in [3.05, 3.63) is 0 Å². The molecule has 4 atom stereocenters. The Labute approximate surface area is 127 Å². The predicted octanol–water partition coefficient (Wildman–Crippen LogP) is -0.414. The number of aliphatic hydroxyl groups excluding tert-OH is 2. The summed E-state index contributed by atoms with van der Waals surface area (Å²) in [4.78, 5) is 2.15. The molecule has 21 heavy (non-hydrogen) atoms. The van der Waals surface area contributed by atoms with Gasteiger partial charge in [0.15, 0.2) is 0 Å². The van der Waals surface area contributed by atoms with Crippen molar-refractivity contribution in [2.24, 2.45) is 0 Å². The third-order valence-electron chi connectivity index (χ3n) is 4.56. The predicted molar refractivity (Wildman–Crippen MR) is 80.3 cm³/mol. The van der Waals surface area contributed by atoms with E-state index in [-0.39, 0.29) is 18.8 Å². The van der Waals surface area contributed by atoms with E-state index in [1.165, 1.54) is 0 Å². The summed E-state index contributed by atoms with van der Waals surface area (Å²) in [6, 6.07) is 0.402. The van der Waals surface area contributed by atoms with Crippen molar-refractivity contribution < 1.29 is 19.7 Å². The topological polar surface area (TPSA) is 74.2 Å². The fourth-order valence-electron chi connectivity index (χ4n) is 3.38. The number of nitrogens with zero attached hydrogens (tertiary/aromatic N) is 1. The van der Waals surface area contributed by atoms with Crippen molar-refractivity contribution in [3.8, 4) is 0 Å². The molecule has 2 aliphatic heterocycles. The monoisotopic (exact) mass is 302 g/mol. The van der Waals surface area contributed by atoms with Crippen LogP contribution in [0.3, 0.4) is 0 Å². The van der Waals surface area contributed by atoms with Crippen LogP contribution >= 0.6 is 0 Å². The van der Waals surface area contributed by atoms with Gasteiger partial charge in [-0.15, -0.1) is 0 Å². The molecular formula is C15H30N2O4. The number of nitrogens with one attached hydrogen (secondary N) is 1. The molecule has 0 aromatic carbocycles. The maximum atomic E-state index is 10.4. The average Bonchev–Trinajstić information content (AvgIpc) is 2.82. The fraction of sp³-hybridized carbons (Fsp3) is 1.00. The molecule has 2 rings (SSSR count). The molecule has 124 valence electrons. The van der Waals surface area contributed by atoms with Crippen LogP contribution in [0, 0.1) is 0 Å². The van der Waals surface area contributed by atoms with E-state index in [4.69, 9.17) is 9.47 Å². The van der Waals surface area contributed by atoms with Crippen molar-refractivity contribution in [1.82, 2.24) is 10.2 Å². The largest absolute Gasteiger partial charge is 0.394 e. The minimum absolute atomic E-state index is 0.0607. The Balaban J connectivity index is 1.90. The zero-order valence-electron chi connectivity index (χ0n) is 13.2. The molecule has 6 nitrogen and oxygen atoms in total. The second kappa shape index (κ2) is 8.41. The molecule has 2 heterocycles. The van der Waals surface area contributed by atoms with Crippen LogP contribution < -0.4 is 5.32 Å². The second-order valence-electron chi connectivity index (χ2n) is 6.15. The van der Waals surface area contributed by atoms with Gasteiger partial charge in [0.25, 0.3) is 0 Å². The highest BCUT2D eigenvalue weighted by molar-refractivity contribution is 4.97. The van der Waals surface area contributed by atoms with Gasteiger partial charge in [-0.3, -0.25) is 4.90 Å². The zero-order valence-corrected chi connectivity index (χ0v) is 13.2. The molecule has 2 aliphatic rings. The van der Waals surface area contributed by atoms with E-state index < -0.39 is 12.2 Å². The maximum Gasteiger partial charge on any atom is 0.109 e. The average molecular weight is 302 g/mol. The third-order valence-corrected chi connectivity index (χ3v) is 4.56. The van der Waals surface area contributed by atoms with Gasteiger partial charge in [-0.2, -0.15) is 0 Å². The smallest absolute Gasteiger partial charge is 0.109 e. The van der Waals surface area contributed by atoms with Crippen LogP contribution in [0.4, 0.5) is 0 Å². The highest BCUT2D eigenvalue weighted by atomic mass is 16.5. The first-order chi connectivity index (χ1) is 10.2. The molecule has 0 unspecified atom stereocenters. The van der Waals surface area contributed by atoms with E-state index in [1.807, 2.05) is 7.05 Å².